The lowest BCUT2D eigenvalue weighted by Gasteiger charge is -2.33. The Kier molecular flexibility index (Phi) is 9.44. The normalized spacial score (nSPS) is 20.5. The van der Waals surface area contributed by atoms with Gasteiger partial charge in [0.15, 0.2) is 0 Å². The van der Waals surface area contributed by atoms with Gasteiger partial charge in [0, 0.05) is 35.7 Å². The van der Waals surface area contributed by atoms with Gasteiger partial charge in [0.1, 0.15) is 0 Å². The average molecular weight is 554 g/mol. The lowest BCUT2D eigenvalue weighted by Crippen LogP contribution is -2.47. The second-order valence-electron chi connectivity index (χ2n) is 8.36. The minimum atomic E-state index is -0.922. The van der Waals surface area contributed by atoms with Crippen molar-refractivity contribution in [3.63, 3.8) is 0 Å². The SMILES string of the molecule is O=C(CSC1=CCC(c2ccc(C(=O)O)cc2)S1)NC[C@H]1CN(Cc2ccc(Cl)c(Cl)c2)CCO1. The summed E-state index contributed by atoms with van der Waals surface area (Å²) < 4.78 is 6.96. The molecule has 1 saturated heterocycles. The highest BCUT2D eigenvalue weighted by molar-refractivity contribution is 8.22. The number of nitrogens with one attached hydrogen (secondary N) is 1. The van der Waals surface area contributed by atoms with E-state index >= 15 is 0 Å². The third kappa shape index (κ3) is 7.65. The van der Waals surface area contributed by atoms with Crippen molar-refractivity contribution in [2.45, 2.75) is 24.3 Å². The van der Waals surface area contributed by atoms with Gasteiger partial charge in [-0.25, -0.2) is 4.79 Å². The van der Waals surface area contributed by atoms with Gasteiger partial charge in [0.25, 0.3) is 0 Å². The highest BCUT2D eigenvalue weighted by Crippen LogP contribution is 2.48. The van der Waals surface area contributed by atoms with Crippen molar-refractivity contribution in [1.29, 1.82) is 0 Å². The van der Waals surface area contributed by atoms with Gasteiger partial charge in [-0.15, -0.1) is 23.5 Å². The predicted molar refractivity (Wildman–Crippen MR) is 143 cm³/mol. The van der Waals surface area contributed by atoms with Crippen molar-refractivity contribution >= 4 is 58.6 Å². The lowest BCUT2D eigenvalue weighted by molar-refractivity contribution is -0.119. The van der Waals surface area contributed by atoms with Crippen LogP contribution < -0.4 is 5.32 Å². The molecule has 0 spiro atoms. The van der Waals surface area contributed by atoms with E-state index in [4.69, 9.17) is 33.0 Å². The smallest absolute Gasteiger partial charge is 0.335 e. The number of carbonyl (C=O) groups excluding carboxylic acids is 1. The monoisotopic (exact) mass is 552 g/mol. The zero-order valence-electron chi connectivity index (χ0n) is 18.9. The van der Waals surface area contributed by atoms with E-state index in [2.05, 4.69) is 16.3 Å². The van der Waals surface area contributed by atoms with Crippen LogP contribution in [-0.4, -0.2) is 60.0 Å². The molecule has 35 heavy (non-hydrogen) atoms. The number of ether oxygens (including phenoxy) is 1. The van der Waals surface area contributed by atoms with Crippen molar-refractivity contribution in [2.75, 3.05) is 32.0 Å². The molecule has 2 aromatic carbocycles. The lowest BCUT2D eigenvalue weighted by atomic mass is 10.1. The molecule has 0 aliphatic carbocycles. The number of morpholine rings is 1. The summed E-state index contributed by atoms with van der Waals surface area (Å²) in [6.45, 7) is 3.41. The van der Waals surface area contributed by atoms with Crippen LogP contribution in [0.2, 0.25) is 10.0 Å². The Bertz CT molecular complexity index is 1100. The number of carbonyl (C=O) groups is 2. The Morgan fingerprint density at radius 3 is 2.71 bits per heavy atom. The van der Waals surface area contributed by atoms with E-state index in [-0.39, 0.29) is 22.8 Å². The number of hydrogen-bond donors (Lipinski definition) is 2. The van der Waals surface area contributed by atoms with Crippen LogP contribution in [0.25, 0.3) is 0 Å². The Hall–Kier alpha value is -1.68. The number of allylic oxidation sites excluding steroid dienone is 1. The fourth-order valence-electron chi connectivity index (χ4n) is 3.94. The van der Waals surface area contributed by atoms with E-state index in [1.165, 1.54) is 11.8 Å². The average Bonchev–Trinajstić information content (AvgIpc) is 3.33. The van der Waals surface area contributed by atoms with Gasteiger partial charge in [-0.1, -0.05) is 47.5 Å². The molecule has 2 N–H and O–H groups in total. The Balaban J connectivity index is 1.16. The third-order valence-electron chi connectivity index (χ3n) is 5.77. The minimum Gasteiger partial charge on any atom is -0.478 e. The molecule has 0 radical (unpaired) electrons. The van der Waals surface area contributed by atoms with E-state index in [0.717, 1.165) is 41.4 Å². The molecule has 2 aliphatic rings. The predicted octanol–water partition coefficient (Wildman–Crippen LogP) is 5.46. The molecule has 0 bridgehead atoms. The first-order valence-corrected chi connectivity index (χ1v) is 13.9. The number of thioether (sulfide) groups is 2. The largest absolute Gasteiger partial charge is 0.478 e. The number of carboxylic acid groups (broad SMARTS) is 1. The van der Waals surface area contributed by atoms with Gasteiger partial charge in [-0.2, -0.15) is 0 Å². The van der Waals surface area contributed by atoms with E-state index in [0.29, 0.717) is 28.9 Å². The number of hydrogen-bond acceptors (Lipinski definition) is 6. The summed E-state index contributed by atoms with van der Waals surface area (Å²) in [6, 6.07) is 12.7. The summed E-state index contributed by atoms with van der Waals surface area (Å²) in [6.07, 6.45) is 2.95. The molecule has 6 nitrogen and oxygen atoms in total. The van der Waals surface area contributed by atoms with Crippen molar-refractivity contribution in [3.8, 4) is 0 Å². The highest BCUT2D eigenvalue weighted by atomic mass is 35.5. The molecule has 2 heterocycles. The number of aromatic carboxylic acids is 1. The van der Waals surface area contributed by atoms with Crippen molar-refractivity contribution in [1.82, 2.24) is 10.2 Å². The Morgan fingerprint density at radius 1 is 1.17 bits per heavy atom. The summed E-state index contributed by atoms with van der Waals surface area (Å²) >= 11 is 15.4. The van der Waals surface area contributed by atoms with E-state index in [9.17, 15) is 9.59 Å². The van der Waals surface area contributed by atoms with E-state index in [1.807, 2.05) is 30.3 Å². The zero-order valence-corrected chi connectivity index (χ0v) is 22.1. The van der Waals surface area contributed by atoms with Crippen molar-refractivity contribution < 1.29 is 19.4 Å². The molecule has 2 aliphatic heterocycles. The quantitative estimate of drug-likeness (QED) is 0.427. The van der Waals surface area contributed by atoms with Crippen LogP contribution in [0.1, 0.15) is 33.2 Å². The van der Waals surface area contributed by atoms with Gasteiger partial charge in [-0.05, 0) is 41.8 Å². The first kappa shape index (κ1) is 26.4. The van der Waals surface area contributed by atoms with Crippen LogP contribution in [-0.2, 0) is 16.1 Å². The van der Waals surface area contributed by atoms with Crippen molar-refractivity contribution in [3.05, 3.63) is 79.5 Å². The van der Waals surface area contributed by atoms with Gasteiger partial charge in [0.05, 0.1) is 34.1 Å². The van der Waals surface area contributed by atoms with Crippen LogP contribution in [0.5, 0.6) is 0 Å². The number of rotatable bonds is 9. The highest BCUT2D eigenvalue weighted by Gasteiger charge is 2.23. The van der Waals surface area contributed by atoms with E-state index in [1.54, 1.807) is 23.9 Å². The molecule has 2 atom stereocenters. The molecule has 0 aromatic heterocycles. The summed E-state index contributed by atoms with van der Waals surface area (Å²) in [4.78, 5) is 25.7. The first-order valence-electron chi connectivity index (χ1n) is 11.2. The second-order valence-corrected chi connectivity index (χ2v) is 11.7. The standard InChI is InChI=1S/C25H26Cl2N2O4S2/c26-20-6-1-16(11-21(20)27)13-29-9-10-33-19(14-29)12-28-23(30)15-34-24-8-7-22(35-24)17-2-4-18(5-3-17)25(31)32/h1-6,8,11,19,22H,7,9-10,12-15H2,(H,28,30)(H,31,32)/t19-,22?/m0/s1. The van der Waals surface area contributed by atoms with Gasteiger partial charge in [0.2, 0.25) is 5.91 Å². The molecule has 186 valence electrons. The molecular formula is C25H26Cl2N2O4S2. The van der Waals surface area contributed by atoms with Gasteiger partial charge >= 0.3 is 5.97 Å². The van der Waals surface area contributed by atoms with Crippen LogP contribution in [0.3, 0.4) is 0 Å². The molecule has 1 amide bonds. The molecule has 10 heteroatoms. The van der Waals surface area contributed by atoms with Gasteiger partial charge < -0.3 is 15.2 Å². The van der Waals surface area contributed by atoms with Crippen LogP contribution in [0.4, 0.5) is 0 Å². The summed E-state index contributed by atoms with van der Waals surface area (Å²) in [7, 11) is 0. The van der Waals surface area contributed by atoms with Crippen LogP contribution >= 0.6 is 46.7 Å². The first-order chi connectivity index (χ1) is 16.9. The summed E-state index contributed by atoms with van der Waals surface area (Å²) in [5, 5.41) is 13.4. The fraction of sp³-hybridized carbons (Fsp3) is 0.360. The second kappa shape index (κ2) is 12.5. The number of benzene rings is 2. The third-order valence-corrected chi connectivity index (χ3v) is 9.16. The molecular weight excluding hydrogens is 527 g/mol. The summed E-state index contributed by atoms with van der Waals surface area (Å²) in [5.74, 6) is -0.590. The molecule has 1 fully saturated rings. The zero-order chi connectivity index (χ0) is 24.8. The maximum absolute atomic E-state index is 12.4. The van der Waals surface area contributed by atoms with Crippen LogP contribution in [0, 0.1) is 0 Å². The molecule has 4 rings (SSSR count). The van der Waals surface area contributed by atoms with E-state index < -0.39 is 5.97 Å². The van der Waals surface area contributed by atoms with Crippen molar-refractivity contribution in [2.24, 2.45) is 0 Å². The number of nitrogens with zero attached hydrogens (tertiary/aromatic N) is 1. The van der Waals surface area contributed by atoms with Crippen LogP contribution in [0.15, 0.2) is 52.8 Å². The Labute approximate surface area is 223 Å². The Morgan fingerprint density at radius 2 is 1.97 bits per heavy atom. The fourth-order valence-corrected chi connectivity index (χ4v) is 6.60. The molecule has 2 aromatic rings. The minimum absolute atomic E-state index is 0.0176. The topological polar surface area (TPSA) is 78.9 Å². The molecule has 1 unspecified atom stereocenters. The maximum atomic E-state index is 12.4. The summed E-state index contributed by atoms with van der Waals surface area (Å²) in [5.41, 5.74) is 2.48. The maximum Gasteiger partial charge on any atom is 0.335 e. The van der Waals surface area contributed by atoms with Gasteiger partial charge in [-0.3, -0.25) is 9.69 Å². The molecule has 0 saturated carbocycles. The number of halogens is 2. The number of amides is 1. The number of carboxylic acids is 1.